The third-order valence-electron chi connectivity index (χ3n) is 3.43. The van der Waals surface area contributed by atoms with E-state index in [2.05, 4.69) is 0 Å². The van der Waals surface area contributed by atoms with Crippen molar-refractivity contribution in [2.45, 2.75) is 4.90 Å². The minimum atomic E-state index is -4.24. The highest BCUT2D eigenvalue weighted by molar-refractivity contribution is 7.87. The molecule has 0 bridgehead atoms. The maximum absolute atomic E-state index is 13.2. The Morgan fingerprint density at radius 2 is 1.58 bits per heavy atom. The predicted octanol–water partition coefficient (Wildman–Crippen LogP) is 3.89. The summed E-state index contributed by atoms with van der Waals surface area (Å²) in [6.45, 7) is 0. The van der Waals surface area contributed by atoms with Gasteiger partial charge < -0.3 is 8.92 Å². The van der Waals surface area contributed by atoms with Gasteiger partial charge in [-0.25, -0.2) is 8.78 Å². The number of benzene rings is 3. The van der Waals surface area contributed by atoms with E-state index in [-0.39, 0.29) is 10.6 Å². The SMILES string of the molecule is COc1ccc(S(=O)(=O)Oc2ccc(F)c(F)c2)c2ccccc12. The molecule has 4 nitrogen and oxygen atoms in total. The summed E-state index contributed by atoms with van der Waals surface area (Å²) in [7, 11) is -2.76. The third kappa shape index (κ3) is 2.90. The average Bonchev–Trinajstić information content (AvgIpc) is 2.56. The zero-order chi connectivity index (χ0) is 17.3. The van der Waals surface area contributed by atoms with Crippen LogP contribution >= 0.6 is 0 Å². The molecule has 3 aromatic rings. The molecule has 3 aromatic carbocycles. The molecule has 0 unspecified atom stereocenters. The molecule has 124 valence electrons. The second-order valence-corrected chi connectivity index (χ2v) is 6.44. The van der Waals surface area contributed by atoms with Gasteiger partial charge in [-0.05, 0) is 24.3 Å². The van der Waals surface area contributed by atoms with Crippen molar-refractivity contribution in [1.29, 1.82) is 0 Å². The maximum Gasteiger partial charge on any atom is 0.339 e. The lowest BCUT2D eigenvalue weighted by Crippen LogP contribution is -2.10. The molecule has 0 amide bonds. The first-order valence-electron chi connectivity index (χ1n) is 6.87. The van der Waals surface area contributed by atoms with Crippen molar-refractivity contribution in [1.82, 2.24) is 0 Å². The summed E-state index contributed by atoms with van der Waals surface area (Å²) in [6, 6.07) is 12.1. The van der Waals surface area contributed by atoms with Gasteiger partial charge in [-0.1, -0.05) is 24.3 Å². The quantitative estimate of drug-likeness (QED) is 0.670. The summed E-state index contributed by atoms with van der Waals surface area (Å²) in [5.74, 6) is -2.08. The van der Waals surface area contributed by atoms with E-state index in [1.54, 1.807) is 24.3 Å². The summed E-state index contributed by atoms with van der Waals surface area (Å²) < 4.78 is 61.4. The van der Waals surface area contributed by atoms with Gasteiger partial charge in [0.1, 0.15) is 16.4 Å². The monoisotopic (exact) mass is 350 g/mol. The highest BCUT2D eigenvalue weighted by Gasteiger charge is 2.21. The fourth-order valence-electron chi connectivity index (χ4n) is 2.34. The van der Waals surface area contributed by atoms with E-state index in [1.165, 1.54) is 19.2 Å². The van der Waals surface area contributed by atoms with E-state index in [9.17, 15) is 17.2 Å². The number of halogens is 2. The van der Waals surface area contributed by atoms with Crippen molar-refractivity contribution in [3.05, 3.63) is 66.2 Å². The molecule has 0 radical (unpaired) electrons. The van der Waals surface area contributed by atoms with Gasteiger partial charge in [0.2, 0.25) is 0 Å². The topological polar surface area (TPSA) is 52.6 Å². The smallest absolute Gasteiger partial charge is 0.339 e. The fourth-order valence-corrected chi connectivity index (χ4v) is 3.47. The Labute approximate surface area is 137 Å². The van der Waals surface area contributed by atoms with Gasteiger partial charge in [0.15, 0.2) is 11.6 Å². The molecule has 0 saturated carbocycles. The summed E-state index contributed by atoms with van der Waals surface area (Å²) in [6.07, 6.45) is 0. The molecule has 0 aliphatic carbocycles. The van der Waals surface area contributed by atoms with E-state index < -0.39 is 21.8 Å². The Balaban J connectivity index is 2.10. The summed E-state index contributed by atoms with van der Waals surface area (Å²) in [5, 5.41) is 0.995. The van der Waals surface area contributed by atoms with Gasteiger partial charge in [0.25, 0.3) is 0 Å². The maximum atomic E-state index is 13.2. The van der Waals surface area contributed by atoms with Crippen molar-refractivity contribution in [3.63, 3.8) is 0 Å². The predicted molar refractivity (Wildman–Crippen MR) is 84.7 cm³/mol. The molecule has 0 aliphatic heterocycles. The standard InChI is InChI=1S/C17H12F2O4S/c1-22-16-8-9-17(13-5-3-2-4-12(13)16)24(20,21)23-11-6-7-14(18)15(19)10-11/h2-10H,1H3. The molecule has 3 rings (SSSR count). The van der Waals surface area contributed by atoms with Crippen LogP contribution in [-0.2, 0) is 10.1 Å². The van der Waals surface area contributed by atoms with Crippen LogP contribution in [0.5, 0.6) is 11.5 Å². The molecule has 0 atom stereocenters. The molecule has 0 aliphatic rings. The van der Waals surface area contributed by atoms with Crippen molar-refractivity contribution < 1.29 is 26.1 Å². The molecule has 0 fully saturated rings. The zero-order valence-corrected chi connectivity index (χ0v) is 13.3. The number of fused-ring (bicyclic) bond motifs is 1. The number of hydrogen-bond donors (Lipinski definition) is 0. The van der Waals surface area contributed by atoms with Crippen LogP contribution in [-0.4, -0.2) is 15.5 Å². The number of ether oxygens (including phenoxy) is 1. The highest BCUT2D eigenvalue weighted by atomic mass is 32.2. The molecule has 24 heavy (non-hydrogen) atoms. The summed E-state index contributed by atoms with van der Waals surface area (Å²) >= 11 is 0. The van der Waals surface area contributed by atoms with Crippen LogP contribution in [0.3, 0.4) is 0 Å². The molecule has 0 saturated heterocycles. The Kier molecular flexibility index (Phi) is 4.11. The van der Waals surface area contributed by atoms with Crippen LogP contribution in [0.2, 0.25) is 0 Å². The van der Waals surface area contributed by atoms with E-state index in [0.29, 0.717) is 22.6 Å². The van der Waals surface area contributed by atoms with E-state index in [0.717, 1.165) is 12.1 Å². The summed E-state index contributed by atoms with van der Waals surface area (Å²) in [4.78, 5) is -0.0939. The first kappa shape index (κ1) is 16.2. The van der Waals surface area contributed by atoms with E-state index in [1.807, 2.05) is 0 Å². The molecule has 0 aromatic heterocycles. The molecule has 7 heteroatoms. The number of rotatable bonds is 4. The lowest BCUT2D eigenvalue weighted by molar-refractivity contribution is 0.419. The first-order chi connectivity index (χ1) is 11.4. The fraction of sp³-hybridized carbons (Fsp3) is 0.0588. The minimum absolute atomic E-state index is 0.0939. The zero-order valence-electron chi connectivity index (χ0n) is 12.5. The van der Waals surface area contributed by atoms with Crippen molar-refractivity contribution in [3.8, 4) is 11.5 Å². The van der Waals surface area contributed by atoms with Crippen molar-refractivity contribution in [2.24, 2.45) is 0 Å². The Morgan fingerprint density at radius 3 is 2.25 bits per heavy atom. The first-order valence-corrected chi connectivity index (χ1v) is 8.28. The largest absolute Gasteiger partial charge is 0.496 e. The lowest BCUT2D eigenvalue weighted by atomic mass is 10.1. The van der Waals surface area contributed by atoms with E-state index >= 15 is 0 Å². The second kappa shape index (κ2) is 6.09. The van der Waals surface area contributed by atoms with Crippen molar-refractivity contribution in [2.75, 3.05) is 7.11 Å². The van der Waals surface area contributed by atoms with Gasteiger partial charge >= 0.3 is 10.1 Å². The molecule has 0 spiro atoms. The molecule has 0 heterocycles. The summed E-state index contributed by atoms with van der Waals surface area (Å²) in [5.41, 5.74) is 0. The average molecular weight is 350 g/mol. The Bertz CT molecular complexity index is 1020. The van der Waals surface area contributed by atoms with Crippen LogP contribution in [0.1, 0.15) is 0 Å². The Morgan fingerprint density at radius 1 is 0.875 bits per heavy atom. The van der Waals surface area contributed by atoms with Gasteiger partial charge in [0.05, 0.1) is 7.11 Å². The number of hydrogen-bond acceptors (Lipinski definition) is 4. The third-order valence-corrected chi connectivity index (χ3v) is 4.74. The van der Waals surface area contributed by atoms with Crippen LogP contribution < -0.4 is 8.92 Å². The molecular formula is C17H12F2O4S. The van der Waals surface area contributed by atoms with Crippen molar-refractivity contribution >= 4 is 20.9 Å². The number of methoxy groups -OCH3 is 1. The van der Waals surface area contributed by atoms with Crippen LogP contribution in [0, 0.1) is 11.6 Å². The van der Waals surface area contributed by atoms with Gasteiger partial charge in [-0.2, -0.15) is 8.42 Å². The molecule has 0 N–H and O–H groups in total. The van der Waals surface area contributed by atoms with Gasteiger partial charge in [0, 0.05) is 16.8 Å². The van der Waals surface area contributed by atoms with Gasteiger partial charge in [-0.15, -0.1) is 0 Å². The van der Waals surface area contributed by atoms with Gasteiger partial charge in [-0.3, -0.25) is 0 Å². The highest BCUT2D eigenvalue weighted by Crippen LogP contribution is 2.32. The lowest BCUT2D eigenvalue weighted by Gasteiger charge is -2.12. The Hall–Kier alpha value is -2.67. The van der Waals surface area contributed by atoms with Crippen LogP contribution in [0.25, 0.3) is 10.8 Å². The van der Waals surface area contributed by atoms with Crippen LogP contribution in [0.4, 0.5) is 8.78 Å². The molecular weight excluding hydrogens is 338 g/mol. The van der Waals surface area contributed by atoms with E-state index in [4.69, 9.17) is 8.92 Å². The second-order valence-electron chi connectivity index (χ2n) is 4.92. The normalized spacial score (nSPS) is 11.5. The van der Waals surface area contributed by atoms with Crippen LogP contribution in [0.15, 0.2) is 59.5 Å². The minimum Gasteiger partial charge on any atom is -0.496 e.